The first-order valence-corrected chi connectivity index (χ1v) is 9.66. The van der Waals surface area contributed by atoms with Gasteiger partial charge >= 0.3 is 0 Å². The van der Waals surface area contributed by atoms with Crippen LogP contribution < -0.4 is 15.8 Å². The number of nitrogens with one attached hydrogen (secondary N) is 1. The minimum absolute atomic E-state index is 0.296. The lowest BCUT2D eigenvalue weighted by molar-refractivity contribution is 0.328. The van der Waals surface area contributed by atoms with Crippen molar-refractivity contribution in [2.24, 2.45) is 0 Å². The predicted molar refractivity (Wildman–Crippen MR) is 109 cm³/mol. The number of nitrogens with zero attached hydrogens (tertiary/aromatic N) is 3. The lowest BCUT2D eigenvalue weighted by atomic mass is 9.95. The Hall–Kier alpha value is -2.89. The Morgan fingerprint density at radius 1 is 1.15 bits per heavy atom. The molecule has 4 rings (SSSR count). The molecule has 0 unspecified atom stereocenters. The molecular formula is C21H25N5O. The van der Waals surface area contributed by atoms with Crippen LogP contribution in [0.25, 0.3) is 22.0 Å². The van der Waals surface area contributed by atoms with Gasteiger partial charge in [-0.15, -0.1) is 0 Å². The molecular weight excluding hydrogens is 338 g/mol. The van der Waals surface area contributed by atoms with Crippen LogP contribution in [0.4, 0.5) is 11.8 Å². The Labute approximate surface area is 159 Å². The molecule has 140 valence electrons. The summed E-state index contributed by atoms with van der Waals surface area (Å²) in [6, 6.07) is 10.5. The lowest BCUT2D eigenvalue weighted by Crippen LogP contribution is -2.23. The van der Waals surface area contributed by atoms with E-state index in [1.54, 1.807) is 6.20 Å². The summed E-state index contributed by atoms with van der Waals surface area (Å²) in [5, 5.41) is 4.58. The summed E-state index contributed by atoms with van der Waals surface area (Å²) in [5.41, 5.74) is 8.78. The number of benzene rings is 1. The Balaban J connectivity index is 1.76. The maximum Gasteiger partial charge on any atom is 0.222 e. The Morgan fingerprint density at radius 3 is 2.81 bits per heavy atom. The molecule has 1 saturated carbocycles. The van der Waals surface area contributed by atoms with E-state index in [1.807, 2.05) is 31.2 Å². The molecule has 1 aromatic carbocycles. The lowest BCUT2D eigenvalue weighted by Gasteiger charge is -2.24. The quantitative estimate of drug-likeness (QED) is 0.698. The molecule has 1 aliphatic rings. The van der Waals surface area contributed by atoms with Gasteiger partial charge in [0.15, 0.2) is 0 Å². The first-order valence-electron chi connectivity index (χ1n) is 9.66. The van der Waals surface area contributed by atoms with E-state index in [4.69, 9.17) is 10.5 Å². The standard InChI is InChI=1S/C21H25N5O/c1-2-27-20-16(9-6-12-23-20)14-10-11-18-17(13-14)19(26-21(22)25-18)24-15-7-4-3-5-8-15/h6,9-13,15H,2-5,7-8H2,1H3,(H3,22,24,25,26). The maximum atomic E-state index is 5.95. The Morgan fingerprint density at radius 2 is 2.00 bits per heavy atom. The van der Waals surface area contributed by atoms with Crippen LogP contribution in [0.15, 0.2) is 36.5 Å². The van der Waals surface area contributed by atoms with Gasteiger partial charge < -0.3 is 15.8 Å². The molecule has 3 aromatic rings. The zero-order valence-electron chi connectivity index (χ0n) is 15.6. The van der Waals surface area contributed by atoms with Crippen molar-refractivity contribution >= 4 is 22.7 Å². The van der Waals surface area contributed by atoms with Crippen molar-refractivity contribution in [3.63, 3.8) is 0 Å². The molecule has 0 radical (unpaired) electrons. The van der Waals surface area contributed by atoms with Crippen LogP contribution in [0.2, 0.25) is 0 Å². The number of nitrogens with two attached hydrogens (primary N) is 1. The van der Waals surface area contributed by atoms with E-state index in [9.17, 15) is 0 Å². The number of aromatic nitrogens is 3. The van der Waals surface area contributed by atoms with Crippen LogP contribution in [-0.4, -0.2) is 27.6 Å². The zero-order chi connectivity index (χ0) is 18.6. The fraction of sp³-hybridized carbons (Fsp3) is 0.381. The van der Waals surface area contributed by atoms with Crippen LogP contribution in [-0.2, 0) is 0 Å². The highest BCUT2D eigenvalue weighted by Gasteiger charge is 2.17. The topological polar surface area (TPSA) is 86.0 Å². The van der Waals surface area contributed by atoms with E-state index < -0.39 is 0 Å². The molecule has 6 heteroatoms. The van der Waals surface area contributed by atoms with Crippen molar-refractivity contribution in [2.75, 3.05) is 17.7 Å². The van der Waals surface area contributed by atoms with Crippen LogP contribution in [0.5, 0.6) is 5.88 Å². The second kappa shape index (κ2) is 7.78. The average Bonchev–Trinajstić information content (AvgIpc) is 2.69. The fourth-order valence-electron chi connectivity index (χ4n) is 3.73. The SMILES string of the molecule is CCOc1ncccc1-c1ccc2nc(N)nc(NC3CCCCC3)c2c1. The third kappa shape index (κ3) is 3.79. The number of pyridine rings is 1. The molecule has 1 aliphatic carbocycles. The predicted octanol–water partition coefficient (Wildman–Crippen LogP) is 4.42. The van der Waals surface area contributed by atoms with Gasteiger partial charge in [0, 0.05) is 23.2 Å². The van der Waals surface area contributed by atoms with Gasteiger partial charge in [0.2, 0.25) is 11.8 Å². The second-order valence-corrected chi connectivity index (χ2v) is 6.93. The first-order chi connectivity index (χ1) is 13.2. The monoisotopic (exact) mass is 363 g/mol. The average molecular weight is 363 g/mol. The van der Waals surface area contributed by atoms with Crippen molar-refractivity contribution < 1.29 is 4.74 Å². The molecule has 0 bridgehead atoms. The minimum atomic E-state index is 0.296. The van der Waals surface area contributed by atoms with Crippen LogP contribution >= 0.6 is 0 Å². The number of ether oxygens (including phenoxy) is 1. The van der Waals surface area contributed by atoms with Gasteiger partial charge in [0.25, 0.3) is 0 Å². The number of hydrogen-bond acceptors (Lipinski definition) is 6. The highest BCUT2D eigenvalue weighted by molar-refractivity contribution is 5.94. The van der Waals surface area contributed by atoms with Gasteiger partial charge in [0.1, 0.15) is 5.82 Å². The van der Waals surface area contributed by atoms with Crippen LogP contribution in [0, 0.1) is 0 Å². The summed E-state index contributed by atoms with van der Waals surface area (Å²) >= 11 is 0. The number of hydrogen-bond donors (Lipinski definition) is 2. The van der Waals surface area contributed by atoms with Gasteiger partial charge in [-0.25, -0.2) is 9.97 Å². The van der Waals surface area contributed by atoms with E-state index in [1.165, 1.54) is 32.1 Å². The van der Waals surface area contributed by atoms with E-state index >= 15 is 0 Å². The summed E-state index contributed by atoms with van der Waals surface area (Å²) in [4.78, 5) is 13.3. The normalized spacial score (nSPS) is 15.0. The van der Waals surface area contributed by atoms with Gasteiger partial charge in [-0.05, 0) is 49.6 Å². The van der Waals surface area contributed by atoms with Crippen LogP contribution in [0.1, 0.15) is 39.0 Å². The number of rotatable bonds is 5. The van der Waals surface area contributed by atoms with E-state index in [0.29, 0.717) is 24.5 Å². The third-order valence-electron chi connectivity index (χ3n) is 5.02. The molecule has 1 fully saturated rings. The second-order valence-electron chi connectivity index (χ2n) is 6.93. The van der Waals surface area contributed by atoms with Gasteiger partial charge in [-0.1, -0.05) is 25.3 Å². The number of nitrogen functional groups attached to an aromatic ring is 1. The molecule has 6 nitrogen and oxygen atoms in total. The smallest absolute Gasteiger partial charge is 0.222 e. The largest absolute Gasteiger partial charge is 0.478 e. The summed E-state index contributed by atoms with van der Waals surface area (Å²) < 4.78 is 5.70. The highest BCUT2D eigenvalue weighted by atomic mass is 16.5. The molecule has 0 saturated heterocycles. The molecule has 0 spiro atoms. The van der Waals surface area contributed by atoms with Gasteiger partial charge in [0.05, 0.1) is 12.1 Å². The third-order valence-corrected chi connectivity index (χ3v) is 5.02. The Kier molecular flexibility index (Phi) is 5.05. The molecule has 27 heavy (non-hydrogen) atoms. The molecule has 2 aromatic heterocycles. The van der Waals surface area contributed by atoms with Gasteiger partial charge in [-0.2, -0.15) is 4.98 Å². The zero-order valence-corrected chi connectivity index (χ0v) is 15.6. The number of fused-ring (bicyclic) bond motifs is 1. The van der Waals surface area contributed by atoms with Crippen molar-refractivity contribution in [3.8, 4) is 17.0 Å². The summed E-state index contributed by atoms with van der Waals surface area (Å²) in [5.74, 6) is 1.75. The first kappa shape index (κ1) is 17.5. The van der Waals surface area contributed by atoms with E-state index in [0.717, 1.165) is 27.8 Å². The Bertz CT molecular complexity index is 937. The summed E-state index contributed by atoms with van der Waals surface area (Å²) in [7, 11) is 0. The molecule has 2 heterocycles. The summed E-state index contributed by atoms with van der Waals surface area (Å²) in [6.07, 6.45) is 7.92. The molecule has 0 atom stereocenters. The summed E-state index contributed by atoms with van der Waals surface area (Å²) in [6.45, 7) is 2.54. The van der Waals surface area contributed by atoms with Crippen molar-refractivity contribution in [1.82, 2.24) is 15.0 Å². The van der Waals surface area contributed by atoms with Crippen molar-refractivity contribution in [3.05, 3.63) is 36.5 Å². The molecule has 0 aliphatic heterocycles. The van der Waals surface area contributed by atoms with E-state index in [2.05, 4.69) is 26.3 Å². The van der Waals surface area contributed by atoms with E-state index in [-0.39, 0.29) is 0 Å². The maximum absolute atomic E-state index is 5.95. The number of anilines is 2. The minimum Gasteiger partial charge on any atom is -0.478 e. The van der Waals surface area contributed by atoms with Crippen molar-refractivity contribution in [1.29, 1.82) is 0 Å². The molecule has 3 N–H and O–H groups in total. The fourth-order valence-corrected chi connectivity index (χ4v) is 3.73. The van der Waals surface area contributed by atoms with Crippen molar-refractivity contribution in [2.45, 2.75) is 45.1 Å². The molecule has 0 amide bonds. The van der Waals surface area contributed by atoms with Crippen LogP contribution in [0.3, 0.4) is 0 Å². The van der Waals surface area contributed by atoms with Gasteiger partial charge in [-0.3, -0.25) is 0 Å². The highest BCUT2D eigenvalue weighted by Crippen LogP contribution is 2.33.